The minimum atomic E-state index is -3.66. The highest BCUT2D eigenvalue weighted by atomic mass is 32.2. The number of aromatic nitrogens is 2. The number of nitrogens with zero attached hydrogens (tertiary/aromatic N) is 2. The molecule has 0 saturated heterocycles. The molecule has 5 aromatic rings. The van der Waals surface area contributed by atoms with E-state index in [1.165, 1.54) is 0 Å². The number of aromatic hydroxyl groups is 1. The molecule has 3 aromatic carbocycles. The molecular formula is C26H23N3O4S2. The van der Waals surface area contributed by atoms with Crippen LogP contribution in [0.5, 0.6) is 11.5 Å². The molecule has 0 bridgehead atoms. The standard InChI is InChI=1S/C26H23N3O4S2/c1-18-7-13-21(14-8-18)35(31,32)28-19-9-11-20(12-10-19)33-16-15-29-25-22(4-2-5-23(25)30)27-26(29)24-6-3-17-34-24/h2-14,17,28,30H,15-16H2,1H3. The first-order valence-corrected chi connectivity index (χ1v) is 13.3. The van der Waals surface area contributed by atoms with Gasteiger partial charge in [-0.2, -0.15) is 0 Å². The van der Waals surface area contributed by atoms with Crippen LogP contribution in [-0.2, 0) is 16.6 Å². The Balaban J connectivity index is 1.28. The van der Waals surface area contributed by atoms with E-state index >= 15 is 0 Å². The largest absolute Gasteiger partial charge is 0.506 e. The molecule has 5 rings (SSSR count). The number of hydrogen-bond acceptors (Lipinski definition) is 6. The second-order valence-corrected chi connectivity index (χ2v) is 10.6. The van der Waals surface area contributed by atoms with E-state index < -0.39 is 10.0 Å². The Kier molecular flexibility index (Phi) is 6.19. The molecule has 0 aliphatic rings. The van der Waals surface area contributed by atoms with Gasteiger partial charge in [0.2, 0.25) is 0 Å². The van der Waals surface area contributed by atoms with Crippen LogP contribution < -0.4 is 9.46 Å². The van der Waals surface area contributed by atoms with E-state index in [9.17, 15) is 13.5 Å². The number of benzene rings is 3. The van der Waals surface area contributed by atoms with E-state index in [1.54, 1.807) is 72.0 Å². The first-order chi connectivity index (χ1) is 16.9. The lowest BCUT2D eigenvalue weighted by Gasteiger charge is -2.12. The van der Waals surface area contributed by atoms with Gasteiger partial charge in [0.25, 0.3) is 10.0 Å². The molecule has 35 heavy (non-hydrogen) atoms. The second kappa shape index (κ2) is 9.44. The molecular weight excluding hydrogens is 482 g/mol. The predicted octanol–water partition coefficient (Wildman–Crippen LogP) is 5.66. The van der Waals surface area contributed by atoms with Crippen LogP contribution in [0.15, 0.2) is 89.1 Å². The highest BCUT2D eigenvalue weighted by Gasteiger charge is 2.17. The van der Waals surface area contributed by atoms with Crippen LogP contribution in [0, 0.1) is 6.92 Å². The number of sulfonamides is 1. The van der Waals surface area contributed by atoms with Crippen molar-refractivity contribution < 1.29 is 18.3 Å². The Bertz CT molecular complexity index is 1560. The molecule has 0 saturated carbocycles. The van der Waals surface area contributed by atoms with Crippen molar-refractivity contribution in [3.8, 4) is 22.2 Å². The fraction of sp³-hybridized carbons (Fsp3) is 0.115. The molecule has 2 aromatic heterocycles. The van der Waals surface area contributed by atoms with Crippen LogP contribution in [0.2, 0.25) is 0 Å². The Morgan fingerprint density at radius 3 is 2.49 bits per heavy atom. The molecule has 0 unspecified atom stereocenters. The minimum absolute atomic E-state index is 0.169. The van der Waals surface area contributed by atoms with Crippen molar-refractivity contribution in [1.82, 2.24) is 9.55 Å². The number of imidazole rings is 1. The molecule has 178 valence electrons. The molecule has 9 heteroatoms. The van der Waals surface area contributed by atoms with Gasteiger partial charge in [-0.3, -0.25) is 4.72 Å². The lowest BCUT2D eigenvalue weighted by atomic mass is 10.2. The third-order valence-corrected chi connectivity index (χ3v) is 7.77. The monoisotopic (exact) mass is 505 g/mol. The molecule has 0 spiro atoms. The van der Waals surface area contributed by atoms with E-state index in [1.807, 2.05) is 35.1 Å². The Morgan fingerprint density at radius 1 is 1.00 bits per heavy atom. The molecule has 0 fully saturated rings. The van der Waals surface area contributed by atoms with Crippen LogP contribution in [0.25, 0.3) is 21.7 Å². The van der Waals surface area contributed by atoms with E-state index in [4.69, 9.17) is 9.72 Å². The summed E-state index contributed by atoms with van der Waals surface area (Å²) in [6.45, 7) is 2.72. The van der Waals surface area contributed by atoms with E-state index in [0.29, 0.717) is 30.1 Å². The summed E-state index contributed by atoms with van der Waals surface area (Å²) in [6.07, 6.45) is 0. The lowest BCUT2D eigenvalue weighted by Crippen LogP contribution is -2.13. The number of ether oxygens (including phenoxy) is 1. The van der Waals surface area contributed by atoms with Crippen molar-refractivity contribution in [3.05, 3.63) is 89.8 Å². The Hall–Kier alpha value is -3.82. The first-order valence-electron chi connectivity index (χ1n) is 11.0. The summed E-state index contributed by atoms with van der Waals surface area (Å²) in [5.74, 6) is 1.55. The van der Waals surface area contributed by atoms with Crippen LogP contribution in [0.1, 0.15) is 5.56 Å². The highest BCUT2D eigenvalue weighted by molar-refractivity contribution is 7.92. The summed E-state index contributed by atoms with van der Waals surface area (Å²) < 4.78 is 35.7. The quantitative estimate of drug-likeness (QED) is 0.284. The van der Waals surface area contributed by atoms with Gasteiger partial charge >= 0.3 is 0 Å². The maximum atomic E-state index is 12.6. The fourth-order valence-electron chi connectivity index (χ4n) is 3.78. The summed E-state index contributed by atoms with van der Waals surface area (Å²) >= 11 is 1.58. The second-order valence-electron chi connectivity index (χ2n) is 8.00. The number of aryl methyl sites for hydroxylation is 1. The number of phenolic OH excluding ortho intramolecular Hbond substituents is 1. The minimum Gasteiger partial charge on any atom is -0.506 e. The van der Waals surface area contributed by atoms with Gasteiger partial charge in [-0.15, -0.1) is 11.3 Å². The van der Waals surface area contributed by atoms with Crippen molar-refractivity contribution in [3.63, 3.8) is 0 Å². The van der Waals surface area contributed by atoms with Gasteiger partial charge in [0, 0.05) is 5.69 Å². The number of fused-ring (bicyclic) bond motifs is 1. The number of thiophene rings is 1. The third-order valence-electron chi connectivity index (χ3n) is 5.51. The average molecular weight is 506 g/mol. The summed E-state index contributed by atoms with van der Waals surface area (Å²) in [4.78, 5) is 5.92. The SMILES string of the molecule is Cc1ccc(S(=O)(=O)Nc2ccc(OCCn3c(-c4cccs4)nc4cccc(O)c43)cc2)cc1. The maximum absolute atomic E-state index is 12.6. The zero-order chi connectivity index (χ0) is 24.4. The van der Waals surface area contributed by atoms with Crippen molar-refractivity contribution in [2.24, 2.45) is 0 Å². The van der Waals surface area contributed by atoms with Gasteiger partial charge in [-0.1, -0.05) is 29.8 Å². The molecule has 7 nitrogen and oxygen atoms in total. The predicted molar refractivity (Wildman–Crippen MR) is 139 cm³/mol. The van der Waals surface area contributed by atoms with E-state index in [0.717, 1.165) is 21.8 Å². The van der Waals surface area contributed by atoms with Crippen LogP contribution in [0.4, 0.5) is 5.69 Å². The average Bonchev–Trinajstić information content (AvgIpc) is 3.49. The number of anilines is 1. The van der Waals surface area contributed by atoms with Gasteiger partial charge < -0.3 is 14.4 Å². The Labute approximate surface area is 207 Å². The van der Waals surface area contributed by atoms with Crippen molar-refractivity contribution >= 4 is 38.1 Å². The zero-order valence-corrected chi connectivity index (χ0v) is 20.5. The van der Waals surface area contributed by atoms with Crippen molar-refractivity contribution in [1.29, 1.82) is 0 Å². The zero-order valence-electron chi connectivity index (χ0n) is 18.9. The lowest BCUT2D eigenvalue weighted by molar-refractivity contribution is 0.300. The normalized spacial score (nSPS) is 11.6. The topological polar surface area (TPSA) is 93.5 Å². The summed E-state index contributed by atoms with van der Waals surface area (Å²) in [6, 6.07) is 22.7. The summed E-state index contributed by atoms with van der Waals surface area (Å²) in [7, 11) is -3.66. The summed E-state index contributed by atoms with van der Waals surface area (Å²) in [5.41, 5.74) is 2.83. The number of phenols is 1. The number of rotatable bonds is 8. The van der Waals surface area contributed by atoms with E-state index in [-0.39, 0.29) is 10.6 Å². The number of nitrogens with one attached hydrogen (secondary N) is 1. The van der Waals surface area contributed by atoms with Gasteiger partial charge in [0.1, 0.15) is 23.6 Å². The highest BCUT2D eigenvalue weighted by Crippen LogP contribution is 2.32. The molecule has 2 heterocycles. The van der Waals surface area contributed by atoms with Gasteiger partial charge in [0.05, 0.1) is 21.8 Å². The van der Waals surface area contributed by atoms with Gasteiger partial charge in [-0.05, 0) is 66.9 Å². The van der Waals surface area contributed by atoms with Crippen molar-refractivity contribution in [2.45, 2.75) is 18.4 Å². The third kappa shape index (κ3) is 4.87. The van der Waals surface area contributed by atoms with Gasteiger partial charge in [-0.25, -0.2) is 13.4 Å². The smallest absolute Gasteiger partial charge is 0.261 e. The van der Waals surface area contributed by atoms with E-state index in [2.05, 4.69) is 4.72 Å². The molecule has 0 aliphatic carbocycles. The van der Waals surface area contributed by atoms with Crippen molar-refractivity contribution in [2.75, 3.05) is 11.3 Å². The molecule has 2 N–H and O–H groups in total. The van der Waals surface area contributed by atoms with Gasteiger partial charge in [0.15, 0.2) is 5.82 Å². The van der Waals surface area contributed by atoms with Crippen LogP contribution in [0.3, 0.4) is 0 Å². The summed E-state index contributed by atoms with van der Waals surface area (Å²) in [5, 5.41) is 12.4. The van der Waals surface area contributed by atoms with Crippen LogP contribution in [-0.4, -0.2) is 29.7 Å². The fourth-order valence-corrected chi connectivity index (χ4v) is 5.56. The molecule has 0 aliphatic heterocycles. The Morgan fingerprint density at radius 2 is 1.77 bits per heavy atom. The number of hydrogen-bond donors (Lipinski definition) is 2. The first kappa shape index (κ1) is 22.9. The molecule has 0 atom stereocenters. The molecule has 0 amide bonds. The maximum Gasteiger partial charge on any atom is 0.261 e. The number of para-hydroxylation sites is 1. The molecule has 0 radical (unpaired) electrons. The van der Waals surface area contributed by atoms with Crippen LogP contribution >= 0.6 is 11.3 Å².